The molecule has 13 nitrogen and oxygen atoms in total. The Morgan fingerprint density at radius 2 is 1.73 bits per heavy atom. The number of nitrogens with one attached hydrogen (secondary N) is 3. The van der Waals surface area contributed by atoms with Crippen LogP contribution in [0.15, 0.2) is 36.4 Å². The molecule has 2 aromatic carbocycles. The third kappa shape index (κ3) is 11.1. The molecule has 4 aliphatic rings. The number of amides is 3. The number of hydrogen-bond acceptors (Lipinski definition) is 9. The maximum Gasteiger partial charge on any atom is 0.303 e. The maximum atomic E-state index is 14.6. The molecule has 3 aliphatic carbocycles. The van der Waals surface area contributed by atoms with Crippen LogP contribution < -0.4 is 20.9 Å². The van der Waals surface area contributed by atoms with Crippen molar-refractivity contribution in [3.05, 3.63) is 53.1 Å². The number of aliphatic carboxylic acids is 1. The number of aliphatic hydroxyl groups excluding tert-OH is 1. The Labute approximate surface area is 357 Å². The Morgan fingerprint density at radius 1 is 1.03 bits per heavy atom. The van der Waals surface area contributed by atoms with Gasteiger partial charge in [-0.3, -0.25) is 24.0 Å². The van der Waals surface area contributed by atoms with E-state index < -0.39 is 36.0 Å². The number of benzene rings is 2. The minimum atomic E-state index is -1.07. The molecule has 9 atom stereocenters. The maximum absolute atomic E-state index is 14.6. The number of hydrogen-bond donors (Lipinski definition) is 5. The summed E-state index contributed by atoms with van der Waals surface area (Å²) in [6.45, 7) is 18.0. The van der Waals surface area contributed by atoms with Gasteiger partial charge in [0.25, 0.3) is 5.91 Å². The quantitative estimate of drug-likeness (QED) is 0.138. The van der Waals surface area contributed by atoms with Gasteiger partial charge in [-0.05, 0) is 116 Å². The summed E-state index contributed by atoms with van der Waals surface area (Å²) in [5.74, 6) is -1.22. The van der Waals surface area contributed by atoms with Gasteiger partial charge in [0.2, 0.25) is 11.8 Å². The Bertz CT molecular complexity index is 1870. The van der Waals surface area contributed by atoms with Crippen LogP contribution in [0.4, 0.5) is 5.69 Å². The van der Waals surface area contributed by atoms with E-state index in [0.717, 1.165) is 47.3 Å². The predicted molar refractivity (Wildman–Crippen MR) is 235 cm³/mol. The summed E-state index contributed by atoms with van der Waals surface area (Å²) in [7, 11) is 7.93. The predicted octanol–water partition coefficient (Wildman–Crippen LogP) is 5.47. The molecule has 2 aromatic rings. The van der Waals surface area contributed by atoms with Crippen LogP contribution in [0.2, 0.25) is 0 Å². The van der Waals surface area contributed by atoms with Gasteiger partial charge in [-0.25, -0.2) is 0 Å². The second-order valence-electron chi connectivity index (χ2n) is 20.2. The monoisotopic (exact) mass is 833 g/mol. The lowest BCUT2D eigenvalue weighted by atomic mass is 9.45. The topological polar surface area (TPSA) is 164 Å². The average Bonchev–Trinajstić information content (AvgIpc) is 3.51. The molecule has 1 saturated heterocycles. The highest BCUT2D eigenvalue weighted by atomic mass is 16.7. The normalized spacial score (nSPS) is 25.9. The Morgan fingerprint density at radius 3 is 2.32 bits per heavy atom. The van der Waals surface area contributed by atoms with Crippen molar-refractivity contribution < 1.29 is 34.2 Å². The van der Waals surface area contributed by atoms with Gasteiger partial charge in [-0.15, -0.1) is 0 Å². The Hall–Kier alpha value is -4.04. The first-order chi connectivity index (χ1) is 28.0. The van der Waals surface area contributed by atoms with Crippen molar-refractivity contribution >= 4 is 29.4 Å². The summed E-state index contributed by atoms with van der Waals surface area (Å²) in [4.78, 5) is 62.9. The standard InChI is InChI=1S/C47H72N6O7/c1-27-30(14-13-15-36(27)31-18-32(20-35(19-31)52(11)12)44(58)49-34(26-51(9)10)23-46(4,5)6)25-53-43(45(59)50-38-22-33-21-37(28(38)2)47(33,7)8)42(29(3)54)39(60-53)24-48-40(55)16-17-41(56)57/h13-15,18-20,28-29,33-34,37-39,42-43,54H,16-17,21-26H2,1-12H3,(H,48,55)(H,49,58)(H,50,59)(H,56,57)/t28-,29-,33+,34?,37-,38-,39-,42+,43-/m0/s1. The van der Waals surface area contributed by atoms with Crippen molar-refractivity contribution in [3.63, 3.8) is 0 Å². The van der Waals surface area contributed by atoms with E-state index >= 15 is 0 Å². The summed E-state index contributed by atoms with van der Waals surface area (Å²) >= 11 is 0. The number of aliphatic hydroxyl groups is 1. The average molecular weight is 833 g/mol. The number of likely N-dealkylation sites (N-methyl/N-ethyl adjacent to an activating group) is 1. The molecule has 0 radical (unpaired) electrons. The van der Waals surface area contributed by atoms with E-state index in [4.69, 9.17) is 9.94 Å². The van der Waals surface area contributed by atoms with Gasteiger partial charge in [-0.2, -0.15) is 5.06 Å². The second-order valence-corrected chi connectivity index (χ2v) is 20.2. The summed E-state index contributed by atoms with van der Waals surface area (Å²) in [6, 6.07) is 11.0. The molecule has 3 amide bonds. The van der Waals surface area contributed by atoms with Gasteiger partial charge < -0.3 is 36.0 Å². The molecular formula is C47H72N6O7. The fraction of sp³-hybridized carbons (Fsp3) is 0.660. The number of hydroxylamine groups is 2. The van der Waals surface area contributed by atoms with E-state index in [-0.39, 0.29) is 60.7 Å². The minimum absolute atomic E-state index is 0.00118. The first kappa shape index (κ1) is 47.0. The van der Waals surface area contributed by atoms with Crippen LogP contribution in [0.3, 0.4) is 0 Å². The van der Waals surface area contributed by atoms with Gasteiger partial charge in [0.15, 0.2) is 0 Å². The highest BCUT2D eigenvalue weighted by molar-refractivity contribution is 5.97. The van der Waals surface area contributed by atoms with Crippen LogP contribution in [-0.4, -0.2) is 115 Å². The summed E-state index contributed by atoms with van der Waals surface area (Å²) in [6.07, 6.45) is 0.684. The van der Waals surface area contributed by atoms with Crippen molar-refractivity contribution in [2.24, 2.45) is 34.5 Å². The van der Waals surface area contributed by atoms with E-state index in [1.54, 1.807) is 12.0 Å². The molecule has 1 unspecified atom stereocenters. The van der Waals surface area contributed by atoms with E-state index in [1.165, 1.54) is 6.42 Å². The highest BCUT2D eigenvalue weighted by Crippen LogP contribution is 2.61. The lowest BCUT2D eigenvalue weighted by Gasteiger charge is -2.62. The fourth-order valence-electron chi connectivity index (χ4n) is 10.1. The van der Waals surface area contributed by atoms with Crippen LogP contribution in [-0.2, 0) is 25.8 Å². The lowest BCUT2D eigenvalue weighted by Crippen LogP contribution is -2.62. The van der Waals surface area contributed by atoms with Crippen LogP contribution in [0.1, 0.15) is 102 Å². The number of carboxylic acid groups (broad SMARTS) is 1. The zero-order valence-electron chi connectivity index (χ0n) is 38.1. The molecule has 0 spiro atoms. The molecule has 1 aliphatic heterocycles. The van der Waals surface area contributed by atoms with Gasteiger partial charge >= 0.3 is 5.97 Å². The number of carbonyl (C=O) groups is 4. The molecule has 4 fully saturated rings. The number of carbonyl (C=O) groups excluding carboxylic acids is 3. The van der Waals surface area contributed by atoms with Crippen LogP contribution in [0, 0.1) is 41.4 Å². The number of anilines is 1. The van der Waals surface area contributed by atoms with Gasteiger partial charge in [-0.1, -0.05) is 59.7 Å². The molecule has 60 heavy (non-hydrogen) atoms. The largest absolute Gasteiger partial charge is 0.481 e. The van der Waals surface area contributed by atoms with Crippen LogP contribution in [0.5, 0.6) is 0 Å². The van der Waals surface area contributed by atoms with Crippen molar-refractivity contribution in [3.8, 4) is 11.1 Å². The van der Waals surface area contributed by atoms with Crippen molar-refractivity contribution in [1.29, 1.82) is 0 Å². The third-order valence-electron chi connectivity index (χ3n) is 13.5. The van der Waals surface area contributed by atoms with Crippen molar-refractivity contribution in [1.82, 2.24) is 25.9 Å². The summed E-state index contributed by atoms with van der Waals surface area (Å²) in [5.41, 5.74) is 5.36. The lowest BCUT2D eigenvalue weighted by molar-refractivity contribution is -0.177. The summed E-state index contributed by atoms with van der Waals surface area (Å²) in [5, 5.41) is 31.5. The number of carboxylic acids is 1. The third-order valence-corrected chi connectivity index (χ3v) is 13.5. The van der Waals surface area contributed by atoms with Crippen molar-refractivity contribution in [2.75, 3.05) is 46.2 Å². The molecule has 5 N–H and O–H groups in total. The van der Waals surface area contributed by atoms with E-state index in [0.29, 0.717) is 23.3 Å². The number of nitrogens with zero attached hydrogens (tertiary/aromatic N) is 3. The van der Waals surface area contributed by atoms with Gasteiger partial charge in [0.05, 0.1) is 19.1 Å². The molecule has 0 aromatic heterocycles. The SMILES string of the molecule is Cc1c(CN2O[C@@H](CNC(=O)CCC(=O)O)[C@@H]([C@H](C)O)[C@H]2C(=O)N[C@H]2C[C@H]3C[C@@H]([C@@H]2C)C3(C)C)cccc1-c1cc(C(=O)NC(CN(C)C)CC(C)(C)C)cc(N(C)C)c1. The first-order valence-electron chi connectivity index (χ1n) is 21.7. The van der Waals surface area contributed by atoms with E-state index in [1.807, 2.05) is 70.3 Å². The summed E-state index contributed by atoms with van der Waals surface area (Å²) < 4.78 is 0. The minimum Gasteiger partial charge on any atom is -0.481 e. The molecule has 3 saturated carbocycles. The smallest absolute Gasteiger partial charge is 0.303 e. The molecular weight excluding hydrogens is 761 g/mol. The molecule has 13 heteroatoms. The number of rotatable bonds is 17. The number of fused-ring (bicyclic) bond motifs is 2. The van der Waals surface area contributed by atoms with Crippen LogP contribution >= 0.6 is 0 Å². The van der Waals surface area contributed by atoms with Gasteiger partial charge in [0.1, 0.15) is 12.1 Å². The zero-order chi connectivity index (χ0) is 44.4. The van der Waals surface area contributed by atoms with E-state index in [2.05, 4.69) is 68.5 Å². The van der Waals surface area contributed by atoms with E-state index in [9.17, 15) is 24.3 Å². The Balaban J connectivity index is 1.45. The molecule has 332 valence electrons. The van der Waals surface area contributed by atoms with Gasteiger partial charge in [0, 0.05) is 62.9 Å². The van der Waals surface area contributed by atoms with Crippen molar-refractivity contribution in [2.45, 2.75) is 124 Å². The highest BCUT2D eigenvalue weighted by Gasteiger charge is 2.57. The fourth-order valence-corrected chi connectivity index (χ4v) is 10.1. The Kier molecular flexibility index (Phi) is 14.8. The van der Waals surface area contributed by atoms with Crippen LogP contribution in [0.25, 0.3) is 11.1 Å². The molecule has 6 rings (SSSR count). The first-order valence-corrected chi connectivity index (χ1v) is 21.7. The molecule has 2 bridgehead atoms. The molecule has 1 heterocycles. The zero-order valence-corrected chi connectivity index (χ0v) is 38.1. The second kappa shape index (κ2) is 18.9.